The number of unbranched alkanes of at least 4 members (excludes halogenated alkanes) is 37. The molecule has 8 nitrogen and oxygen atoms in total. The van der Waals surface area contributed by atoms with Crippen LogP contribution in [0.2, 0.25) is 0 Å². The molecule has 0 spiro atoms. The Morgan fingerprint density at radius 1 is 0.508 bits per heavy atom. The highest BCUT2D eigenvalue weighted by molar-refractivity contribution is 7.45. The normalized spacial score (nSPS) is 14.0. The minimum atomic E-state index is -4.56. The standard InChI is InChI=1S/C52H107N2O6P/c1-6-8-10-12-14-16-17-18-19-20-21-22-23-24-25-26-27-28-29-30-31-32-33-34-35-36-37-38-39-41-43-45-51(55)50(49-60-61(57,58)59-48-47-54(3,4)5)53-52(56)46-44-42-40-15-13-11-9-7-2/h50-51,55H,6-49H2,1-5H3,(H-,53,56,57,58). The third-order valence-electron chi connectivity index (χ3n) is 12.6. The molecule has 0 aromatic rings. The Morgan fingerprint density at radius 3 is 1.11 bits per heavy atom. The van der Waals surface area contributed by atoms with E-state index in [9.17, 15) is 19.4 Å². The number of hydrogen-bond acceptors (Lipinski definition) is 6. The smallest absolute Gasteiger partial charge is 0.268 e. The lowest BCUT2D eigenvalue weighted by Gasteiger charge is -2.30. The maximum atomic E-state index is 12.8. The first-order chi connectivity index (χ1) is 29.5. The van der Waals surface area contributed by atoms with Crippen LogP contribution < -0.4 is 10.2 Å². The summed E-state index contributed by atoms with van der Waals surface area (Å²) in [6, 6.07) is -0.792. The number of nitrogens with zero attached hydrogens (tertiary/aromatic N) is 1. The van der Waals surface area contributed by atoms with E-state index in [-0.39, 0.29) is 19.1 Å². The van der Waals surface area contributed by atoms with E-state index >= 15 is 0 Å². The fourth-order valence-corrected chi connectivity index (χ4v) is 9.06. The van der Waals surface area contributed by atoms with Gasteiger partial charge in [0.25, 0.3) is 7.82 Å². The molecule has 1 amide bonds. The molecule has 0 aliphatic carbocycles. The summed E-state index contributed by atoms with van der Waals surface area (Å²) in [6.45, 7) is 4.72. The number of carbonyl (C=O) groups excluding carboxylic acids is 1. The third kappa shape index (κ3) is 47.3. The van der Waals surface area contributed by atoms with E-state index < -0.39 is 20.0 Å². The molecular weight excluding hydrogens is 780 g/mol. The van der Waals surface area contributed by atoms with Gasteiger partial charge in [-0.3, -0.25) is 9.36 Å². The molecule has 366 valence electrons. The van der Waals surface area contributed by atoms with Crippen molar-refractivity contribution < 1.29 is 32.9 Å². The summed E-state index contributed by atoms with van der Waals surface area (Å²) < 4.78 is 23.3. The minimum Gasteiger partial charge on any atom is -0.756 e. The van der Waals surface area contributed by atoms with Crippen molar-refractivity contribution in [1.29, 1.82) is 0 Å². The maximum Gasteiger partial charge on any atom is 0.268 e. The number of carbonyl (C=O) groups is 1. The van der Waals surface area contributed by atoms with Crippen LogP contribution >= 0.6 is 7.82 Å². The highest BCUT2D eigenvalue weighted by Gasteiger charge is 2.24. The number of phosphoric acid groups is 1. The predicted octanol–water partition coefficient (Wildman–Crippen LogP) is 15.1. The van der Waals surface area contributed by atoms with Gasteiger partial charge < -0.3 is 28.8 Å². The first-order valence-electron chi connectivity index (χ1n) is 26.9. The third-order valence-corrected chi connectivity index (χ3v) is 13.6. The van der Waals surface area contributed by atoms with Crippen LogP contribution in [0.25, 0.3) is 0 Å². The van der Waals surface area contributed by atoms with Crippen molar-refractivity contribution in [3.63, 3.8) is 0 Å². The molecule has 0 aromatic carbocycles. The van der Waals surface area contributed by atoms with Gasteiger partial charge in [0.15, 0.2) is 0 Å². The van der Waals surface area contributed by atoms with Gasteiger partial charge in [0.1, 0.15) is 13.2 Å². The summed E-state index contributed by atoms with van der Waals surface area (Å²) in [5.74, 6) is -0.166. The molecule has 3 atom stereocenters. The van der Waals surface area contributed by atoms with Gasteiger partial charge in [0.2, 0.25) is 5.91 Å². The monoisotopic (exact) mass is 887 g/mol. The van der Waals surface area contributed by atoms with E-state index in [0.717, 1.165) is 38.5 Å². The zero-order valence-electron chi connectivity index (χ0n) is 41.7. The minimum absolute atomic E-state index is 0.0159. The Morgan fingerprint density at radius 2 is 0.803 bits per heavy atom. The molecule has 0 fully saturated rings. The second-order valence-corrected chi connectivity index (χ2v) is 21.4. The molecule has 9 heteroatoms. The summed E-state index contributed by atoms with van der Waals surface area (Å²) >= 11 is 0. The molecule has 0 aliphatic heterocycles. The number of quaternary nitrogens is 1. The van der Waals surface area contributed by atoms with Crippen LogP contribution in [0.15, 0.2) is 0 Å². The average Bonchev–Trinajstić information content (AvgIpc) is 3.21. The van der Waals surface area contributed by atoms with E-state index in [0.29, 0.717) is 23.9 Å². The average molecular weight is 887 g/mol. The highest BCUT2D eigenvalue weighted by Crippen LogP contribution is 2.38. The van der Waals surface area contributed by atoms with Crippen LogP contribution in [0.5, 0.6) is 0 Å². The molecule has 0 saturated carbocycles. The summed E-state index contributed by atoms with van der Waals surface area (Å²) in [5.41, 5.74) is 0. The Labute approximate surface area is 380 Å². The molecule has 0 radical (unpaired) electrons. The first kappa shape index (κ1) is 60.5. The number of rotatable bonds is 50. The number of likely N-dealkylation sites (N-methyl/N-ethyl adjacent to an activating group) is 1. The van der Waals surface area contributed by atoms with E-state index in [1.807, 2.05) is 21.1 Å². The number of phosphoric ester groups is 1. The van der Waals surface area contributed by atoms with Crippen LogP contribution in [-0.2, 0) is 18.4 Å². The molecule has 0 saturated heterocycles. The van der Waals surface area contributed by atoms with Crippen molar-refractivity contribution in [1.82, 2.24) is 5.32 Å². The zero-order valence-corrected chi connectivity index (χ0v) is 42.5. The zero-order chi connectivity index (χ0) is 45.0. The molecule has 61 heavy (non-hydrogen) atoms. The van der Waals surface area contributed by atoms with Gasteiger partial charge in [-0.1, -0.05) is 258 Å². The van der Waals surface area contributed by atoms with E-state index in [4.69, 9.17) is 9.05 Å². The van der Waals surface area contributed by atoms with Crippen LogP contribution in [0.1, 0.15) is 277 Å². The Kier molecular flexibility index (Phi) is 44.3. The summed E-state index contributed by atoms with van der Waals surface area (Å²) in [4.78, 5) is 25.2. The topological polar surface area (TPSA) is 108 Å². The van der Waals surface area contributed by atoms with Gasteiger partial charge in [-0.05, 0) is 12.8 Å². The van der Waals surface area contributed by atoms with E-state index in [1.165, 1.54) is 212 Å². The number of hydrogen-bond donors (Lipinski definition) is 2. The molecule has 0 bridgehead atoms. The molecule has 3 unspecified atom stereocenters. The van der Waals surface area contributed by atoms with Crippen molar-refractivity contribution in [3.8, 4) is 0 Å². The van der Waals surface area contributed by atoms with Crippen LogP contribution in [0.3, 0.4) is 0 Å². The Balaban J connectivity index is 3.89. The second-order valence-electron chi connectivity index (χ2n) is 20.0. The number of aliphatic hydroxyl groups is 1. The first-order valence-corrected chi connectivity index (χ1v) is 28.3. The molecule has 0 aromatic heterocycles. The van der Waals surface area contributed by atoms with Crippen molar-refractivity contribution in [2.75, 3.05) is 40.9 Å². The maximum absolute atomic E-state index is 12.8. The lowest BCUT2D eigenvalue weighted by atomic mass is 10.0. The van der Waals surface area contributed by atoms with Crippen molar-refractivity contribution in [2.45, 2.75) is 289 Å². The molecular formula is C52H107N2O6P. The van der Waals surface area contributed by atoms with E-state index in [1.54, 1.807) is 0 Å². The van der Waals surface area contributed by atoms with Gasteiger partial charge in [0.05, 0.1) is 39.9 Å². The summed E-state index contributed by atoms with van der Waals surface area (Å²) in [7, 11) is 1.32. The molecule has 0 rings (SSSR count). The predicted molar refractivity (Wildman–Crippen MR) is 261 cm³/mol. The quantitative estimate of drug-likeness (QED) is 0.0358. The van der Waals surface area contributed by atoms with Gasteiger partial charge in [-0.15, -0.1) is 0 Å². The largest absolute Gasteiger partial charge is 0.756 e. The van der Waals surface area contributed by atoms with Gasteiger partial charge >= 0.3 is 0 Å². The Bertz CT molecular complexity index is 963. The fourth-order valence-electron chi connectivity index (χ4n) is 8.34. The second kappa shape index (κ2) is 44.7. The fraction of sp³-hybridized carbons (Fsp3) is 0.981. The van der Waals surface area contributed by atoms with E-state index in [2.05, 4.69) is 19.2 Å². The lowest BCUT2D eigenvalue weighted by molar-refractivity contribution is -0.870. The highest BCUT2D eigenvalue weighted by atomic mass is 31.2. The van der Waals surface area contributed by atoms with Crippen molar-refractivity contribution >= 4 is 13.7 Å². The lowest BCUT2D eigenvalue weighted by Crippen LogP contribution is -2.46. The Hall–Kier alpha value is -0.500. The number of nitrogens with one attached hydrogen (secondary N) is 1. The van der Waals surface area contributed by atoms with Crippen molar-refractivity contribution in [3.05, 3.63) is 0 Å². The van der Waals surface area contributed by atoms with Gasteiger partial charge in [0, 0.05) is 6.42 Å². The number of amides is 1. The number of aliphatic hydroxyl groups excluding tert-OH is 1. The van der Waals surface area contributed by atoms with Crippen LogP contribution in [0, 0.1) is 0 Å². The van der Waals surface area contributed by atoms with Crippen LogP contribution in [0.4, 0.5) is 0 Å². The van der Waals surface area contributed by atoms with Crippen molar-refractivity contribution in [2.24, 2.45) is 0 Å². The molecule has 0 heterocycles. The van der Waals surface area contributed by atoms with Gasteiger partial charge in [-0.2, -0.15) is 0 Å². The summed E-state index contributed by atoms with van der Waals surface area (Å²) in [6.07, 6.45) is 51.6. The summed E-state index contributed by atoms with van der Waals surface area (Å²) in [5, 5.41) is 13.9. The SMILES string of the molecule is CCCCCCCCCCCCCCCCCCCCCCCCCCCCCCCCCC(O)C(COP(=O)([O-])OCC[N+](C)(C)C)NC(=O)CCCCCCCCCC. The van der Waals surface area contributed by atoms with Gasteiger partial charge in [-0.25, -0.2) is 0 Å². The molecule has 0 aliphatic rings. The van der Waals surface area contributed by atoms with Crippen LogP contribution in [-0.4, -0.2) is 68.5 Å². The molecule has 2 N–H and O–H groups in total.